The second-order valence-corrected chi connectivity index (χ2v) is 3.79. The Kier molecular flexibility index (Phi) is 3.10. The lowest BCUT2D eigenvalue weighted by Crippen LogP contribution is -2.11. The molecule has 0 aliphatic heterocycles. The highest BCUT2D eigenvalue weighted by atomic mass is 16.5. The second-order valence-electron chi connectivity index (χ2n) is 3.79. The number of rotatable bonds is 2. The molecule has 0 heterocycles. The van der Waals surface area contributed by atoms with E-state index in [9.17, 15) is 4.79 Å². The Morgan fingerprint density at radius 3 is 2.53 bits per heavy atom. The maximum absolute atomic E-state index is 11.9. The smallest absolute Gasteiger partial charge is 0.345 e. The fourth-order valence-electron chi connectivity index (χ4n) is 1.50. The number of carbonyl (C=O) groups excluding carboxylic acids is 1. The SMILES string of the molecule is Cc1ccc(N)c(C(=O)Oc2ccccc2)c1. The van der Waals surface area contributed by atoms with Crippen LogP contribution in [0.2, 0.25) is 0 Å². The third-order valence-electron chi connectivity index (χ3n) is 2.38. The summed E-state index contributed by atoms with van der Waals surface area (Å²) in [6, 6.07) is 14.2. The van der Waals surface area contributed by atoms with Crippen LogP contribution >= 0.6 is 0 Å². The van der Waals surface area contributed by atoms with E-state index >= 15 is 0 Å². The van der Waals surface area contributed by atoms with Crippen molar-refractivity contribution in [3.63, 3.8) is 0 Å². The third kappa shape index (κ3) is 2.64. The average Bonchev–Trinajstić information content (AvgIpc) is 2.33. The number of carbonyl (C=O) groups is 1. The number of para-hydroxylation sites is 1. The summed E-state index contributed by atoms with van der Waals surface area (Å²) in [6.45, 7) is 1.90. The predicted octanol–water partition coefficient (Wildman–Crippen LogP) is 2.80. The van der Waals surface area contributed by atoms with Gasteiger partial charge in [-0.25, -0.2) is 4.79 Å². The maximum atomic E-state index is 11.9. The molecule has 0 bridgehead atoms. The summed E-state index contributed by atoms with van der Waals surface area (Å²) in [5, 5.41) is 0. The Labute approximate surface area is 99.8 Å². The number of hydrogen-bond acceptors (Lipinski definition) is 3. The predicted molar refractivity (Wildman–Crippen MR) is 67.0 cm³/mol. The summed E-state index contributed by atoms with van der Waals surface area (Å²) in [4.78, 5) is 11.9. The molecule has 0 aliphatic carbocycles. The molecule has 2 aromatic rings. The van der Waals surface area contributed by atoms with Crippen LogP contribution in [-0.2, 0) is 0 Å². The van der Waals surface area contributed by atoms with Gasteiger partial charge in [-0.2, -0.15) is 0 Å². The Morgan fingerprint density at radius 2 is 1.82 bits per heavy atom. The molecule has 0 fully saturated rings. The van der Waals surface area contributed by atoms with E-state index in [0.29, 0.717) is 17.0 Å². The number of hydrogen-bond donors (Lipinski definition) is 1. The van der Waals surface area contributed by atoms with Crippen LogP contribution in [0.4, 0.5) is 5.69 Å². The van der Waals surface area contributed by atoms with E-state index in [0.717, 1.165) is 5.56 Å². The van der Waals surface area contributed by atoms with Crippen molar-refractivity contribution in [3.05, 3.63) is 59.7 Å². The van der Waals surface area contributed by atoms with Gasteiger partial charge in [0.2, 0.25) is 0 Å². The van der Waals surface area contributed by atoms with Gasteiger partial charge in [0.05, 0.1) is 5.56 Å². The second kappa shape index (κ2) is 4.70. The lowest BCUT2D eigenvalue weighted by Gasteiger charge is -2.07. The topological polar surface area (TPSA) is 52.3 Å². The van der Waals surface area contributed by atoms with Crippen molar-refractivity contribution in [2.24, 2.45) is 0 Å². The number of nitrogen functional groups attached to an aromatic ring is 1. The van der Waals surface area contributed by atoms with E-state index in [1.807, 2.05) is 31.2 Å². The van der Waals surface area contributed by atoms with Crippen molar-refractivity contribution in [1.29, 1.82) is 0 Å². The van der Waals surface area contributed by atoms with E-state index in [2.05, 4.69) is 0 Å². The zero-order chi connectivity index (χ0) is 12.3. The normalized spacial score (nSPS) is 9.94. The first-order chi connectivity index (χ1) is 8.16. The summed E-state index contributed by atoms with van der Waals surface area (Å²) in [6.07, 6.45) is 0. The Morgan fingerprint density at radius 1 is 1.12 bits per heavy atom. The molecule has 2 rings (SSSR count). The largest absolute Gasteiger partial charge is 0.423 e. The van der Waals surface area contributed by atoms with Gasteiger partial charge in [0.1, 0.15) is 5.75 Å². The van der Waals surface area contributed by atoms with Gasteiger partial charge in [-0.3, -0.25) is 0 Å². The standard InChI is InChI=1S/C14H13NO2/c1-10-7-8-13(15)12(9-10)14(16)17-11-5-3-2-4-6-11/h2-9H,15H2,1H3. The number of anilines is 1. The van der Waals surface area contributed by atoms with Crippen molar-refractivity contribution >= 4 is 11.7 Å². The minimum atomic E-state index is -0.433. The summed E-state index contributed by atoms with van der Waals surface area (Å²) in [7, 11) is 0. The van der Waals surface area contributed by atoms with Crippen LogP contribution in [0.5, 0.6) is 5.75 Å². The molecule has 0 saturated heterocycles. The van der Waals surface area contributed by atoms with Gasteiger partial charge in [0, 0.05) is 5.69 Å². The number of esters is 1. The van der Waals surface area contributed by atoms with Gasteiger partial charge < -0.3 is 10.5 Å². The monoisotopic (exact) mass is 227 g/mol. The molecule has 3 nitrogen and oxygen atoms in total. The molecule has 2 N–H and O–H groups in total. The van der Waals surface area contributed by atoms with Gasteiger partial charge in [0.15, 0.2) is 0 Å². The maximum Gasteiger partial charge on any atom is 0.345 e. The van der Waals surface area contributed by atoms with E-state index in [4.69, 9.17) is 10.5 Å². The molecular formula is C14H13NO2. The zero-order valence-electron chi connectivity index (χ0n) is 9.51. The van der Waals surface area contributed by atoms with Crippen LogP contribution in [-0.4, -0.2) is 5.97 Å². The quantitative estimate of drug-likeness (QED) is 0.487. The molecule has 0 aliphatic rings. The molecule has 0 spiro atoms. The van der Waals surface area contributed by atoms with Crippen LogP contribution < -0.4 is 10.5 Å². The van der Waals surface area contributed by atoms with Crippen LogP contribution in [0.15, 0.2) is 48.5 Å². The summed E-state index contributed by atoms with van der Waals surface area (Å²) < 4.78 is 5.22. The molecule has 0 saturated carbocycles. The number of aryl methyl sites for hydroxylation is 1. The summed E-state index contributed by atoms with van der Waals surface area (Å²) >= 11 is 0. The minimum absolute atomic E-state index is 0.397. The number of ether oxygens (including phenoxy) is 1. The Hall–Kier alpha value is -2.29. The van der Waals surface area contributed by atoms with Crippen molar-refractivity contribution in [3.8, 4) is 5.75 Å². The van der Waals surface area contributed by atoms with Gasteiger partial charge in [0.25, 0.3) is 0 Å². The first-order valence-corrected chi connectivity index (χ1v) is 5.30. The van der Waals surface area contributed by atoms with Gasteiger partial charge in [-0.1, -0.05) is 29.8 Å². The van der Waals surface area contributed by atoms with Crippen LogP contribution in [0.1, 0.15) is 15.9 Å². The van der Waals surface area contributed by atoms with E-state index < -0.39 is 5.97 Å². The van der Waals surface area contributed by atoms with Crippen LogP contribution in [0.3, 0.4) is 0 Å². The zero-order valence-corrected chi connectivity index (χ0v) is 9.51. The molecule has 2 aromatic carbocycles. The summed E-state index contributed by atoms with van der Waals surface area (Å²) in [5.41, 5.74) is 7.54. The third-order valence-corrected chi connectivity index (χ3v) is 2.38. The first kappa shape index (κ1) is 11.2. The molecule has 3 heteroatoms. The number of benzene rings is 2. The molecule has 0 aromatic heterocycles. The molecule has 86 valence electrons. The van der Waals surface area contributed by atoms with E-state index in [1.54, 1.807) is 24.3 Å². The highest BCUT2D eigenvalue weighted by Crippen LogP contribution is 2.17. The fourth-order valence-corrected chi connectivity index (χ4v) is 1.50. The minimum Gasteiger partial charge on any atom is -0.423 e. The highest BCUT2D eigenvalue weighted by Gasteiger charge is 2.12. The molecule has 0 unspecified atom stereocenters. The van der Waals surface area contributed by atoms with Gasteiger partial charge in [-0.05, 0) is 31.2 Å². The number of nitrogens with two attached hydrogens (primary N) is 1. The molecule has 0 radical (unpaired) electrons. The Balaban J connectivity index is 2.23. The van der Waals surface area contributed by atoms with E-state index in [1.165, 1.54) is 0 Å². The average molecular weight is 227 g/mol. The van der Waals surface area contributed by atoms with Crippen molar-refractivity contribution < 1.29 is 9.53 Å². The van der Waals surface area contributed by atoms with Gasteiger partial charge >= 0.3 is 5.97 Å². The first-order valence-electron chi connectivity index (χ1n) is 5.30. The molecular weight excluding hydrogens is 214 g/mol. The molecule has 0 amide bonds. The highest BCUT2D eigenvalue weighted by molar-refractivity contribution is 5.96. The van der Waals surface area contributed by atoms with Crippen molar-refractivity contribution in [1.82, 2.24) is 0 Å². The molecule has 0 atom stereocenters. The van der Waals surface area contributed by atoms with Crippen molar-refractivity contribution in [2.75, 3.05) is 5.73 Å². The molecule has 17 heavy (non-hydrogen) atoms. The van der Waals surface area contributed by atoms with Crippen LogP contribution in [0, 0.1) is 6.92 Å². The van der Waals surface area contributed by atoms with Gasteiger partial charge in [-0.15, -0.1) is 0 Å². The fraction of sp³-hybridized carbons (Fsp3) is 0.0714. The lowest BCUT2D eigenvalue weighted by atomic mass is 10.1. The summed E-state index contributed by atoms with van der Waals surface area (Å²) in [5.74, 6) is 0.0795. The van der Waals surface area contributed by atoms with Crippen molar-refractivity contribution in [2.45, 2.75) is 6.92 Å². The van der Waals surface area contributed by atoms with E-state index in [-0.39, 0.29) is 0 Å². The lowest BCUT2D eigenvalue weighted by molar-refractivity contribution is 0.0736. The Bertz CT molecular complexity index is 535. The van der Waals surface area contributed by atoms with Crippen LogP contribution in [0.25, 0.3) is 0 Å².